The summed E-state index contributed by atoms with van der Waals surface area (Å²) in [4.78, 5) is 14.3. The van der Waals surface area contributed by atoms with Gasteiger partial charge in [-0.2, -0.15) is 4.31 Å². The maximum Gasteiger partial charge on any atom is 0.236 e. The molecular weight excluding hydrogens is 374 g/mol. The zero-order valence-corrected chi connectivity index (χ0v) is 17.2. The van der Waals surface area contributed by atoms with Crippen LogP contribution in [0.15, 0.2) is 24.3 Å². The van der Waals surface area contributed by atoms with Crippen LogP contribution in [0, 0.1) is 0 Å². The van der Waals surface area contributed by atoms with Crippen molar-refractivity contribution in [1.82, 2.24) is 14.5 Å². The second kappa shape index (κ2) is 8.69. The Balaban J connectivity index is 1.99. The summed E-state index contributed by atoms with van der Waals surface area (Å²) in [5.41, 5.74) is 0.830. The van der Waals surface area contributed by atoms with E-state index in [0.29, 0.717) is 31.2 Å². The van der Waals surface area contributed by atoms with Crippen LogP contribution < -0.4 is 5.32 Å². The van der Waals surface area contributed by atoms with Crippen molar-refractivity contribution in [3.05, 3.63) is 34.9 Å². The molecule has 146 valence electrons. The number of amides is 1. The molecule has 1 heterocycles. The molecule has 0 atom stereocenters. The molecule has 0 radical (unpaired) electrons. The van der Waals surface area contributed by atoms with Crippen molar-refractivity contribution in [3.63, 3.8) is 0 Å². The first kappa shape index (κ1) is 21.2. The molecular formula is C18H28ClN3O3S. The zero-order chi connectivity index (χ0) is 19.4. The lowest BCUT2D eigenvalue weighted by molar-refractivity contribution is -0.131. The second-order valence-electron chi connectivity index (χ2n) is 6.69. The van der Waals surface area contributed by atoms with Gasteiger partial charge in [0.05, 0.1) is 12.8 Å². The summed E-state index contributed by atoms with van der Waals surface area (Å²) in [5, 5.41) is 4.13. The van der Waals surface area contributed by atoms with E-state index in [2.05, 4.69) is 19.2 Å². The molecule has 1 amide bonds. The summed E-state index contributed by atoms with van der Waals surface area (Å²) >= 11 is 5.99. The number of rotatable bonds is 7. The van der Waals surface area contributed by atoms with Crippen LogP contribution in [0.3, 0.4) is 0 Å². The summed E-state index contributed by atoms with van der Waals surface area (Å²) in [6.45, 7) is 5.99. The third-order valence-electron chi connectivity index (χ3n) is 5.24. The lowest BCUT2D eigenvalue weighted by Crippen LogP contribution is -2.53. The molecule has 0 bridgehead atoms. The Morgan fingerprint density at radius 1 is 1.12 bits per heavy atom. The number of hydrogen-bond acceptors (Lipinski definition) is 4. The van der Waals surface area contributed by atoms with Crippen molar-refractivity contribution in [3.8, 4) is 0 Å². The monoisotopic (exact) mass is 401 g/mol. The molecule has 8 heteroatoms. The normalized spacial score (nSPS) is 16.7. The van der Waals surface area contributed by atoms with E-state index < -0.39 is 10.0 Å². The molecule has 26 heavy (non-hydrogen) atoms. The number of nitrogens with one attached hydrogen (secondary N) is 1. The molecule has 1 aromatic rings. The fourth-order valence-corrected chi connectivity index (χ4v) is 4.36. The lowest BCUT2D eigenvalue weighted by Gasteiger charge is -2.36. The van der Waals surface area contributed by atoms with Crippen LogP contribution >= 0.6 is 11.6 Å². The molecule has 0 unspecified atom stereocenters. The van der Waals surface area contributed by atoms with Gasteiger partial charge >= 0.3 is 0 Å². The molecule has 0 aliphatic carbocycles. The van der Waals surface area contributed by atoms with Gasteiger partial charge in [0.25, 0.3) is 0 Å². The maximum atomic E-state index is 12.6. The van der Waals surface area contributed by atoms with Crippen LogP contribution in [0.25, 0.3) is 0 Å². The van der Waals surface area contributed by atoms with Crippen molar-refractivity contribution < 1.29 is 13.2 Å². The van der Waals surface area contributed by atoms with Crippen molar-refractivity contribution in [1.29, 1.82) is 0 Å². The predicted molar refractivity (Wildman–Crippen MR) is 105 cm³/mol. The minimum absolute atomic E-state index is 0.00149. The number of hydrogen-bond donors (Lipinski definition) is 1. The maximum absolute atomic E-state index is 12.6. The summed E-state index contributed by atoms with van der Waals surface area (Å²) in [7, 11) is -3.19. The Hall–Kier alpha value is -1.15. The van der Waals surface area contributed by atoms with Crippen LogP contribution in [0.4, 0.5) is 0 Å². The van der Waals surface area contributed by atoms with Gasteiger partial charge in [-0.3, -0.25) is 10.1 Å². The summed E-state index contributed by atoms with van der Waals surface area (Å²) in [5.74, 6) is -0.00149. The van der Waals surface area contributed by atoms with Crippen molar-refractivity contribution >= 4 is 27.5 Å². The van der Waals surface area contributed by atoms with Gasteiger partial charge < -0.3 is 4.90 Å². The summed E-state index contributed by atoms with van der Waals surface area (Å²) < 4.78 is 24.6. The number of nitrogens with zero attached hydrogens (tertiary/aromatic N) is 2. The van der Waals surface area contributed by atoms with Gasteiger partial charge in [-0.25, -0.2) is 8.42 Å². The van der Waals surface area contributed by atoms with Gasteiger partial charge in [-0.05, 0) is 30.5 Å². The fourth-order valence-electron chi connectivity index (χ4n) is 3.40. The average Bonchev–Trinajstić information content (AvgIpc) is 2.63. The van der Waals surface area contributed by atoms with Crippen LogP contribution in [-0.2, 0) is 20.4 Å². The van der Waals surface area contributed by atoms with E-state index >= 15 is 0 Å². The lowest BCUT2D eigenvalue weighted by atomic mass is 9.84. The topological polar surface area (TPSA) is 69.7 Å². The molecule has 1 fully saturated rings. The molecule has 1 aromatic carbocycles. The number of sulfonamides is 1. The highest BCUT2D eigenvalue weighted by Crippen LogP contribution is 2.29. The van der Waals surface area contributed by atoms with Gasteiger partial charge in [0, 0.05) is 36.7 Å². The molecule has 1 aliphatic rings. The van der Waals surface area contributed by atoms with E-state index in [1.165, 1.54) is 10.6 Å². The summed E-state index contributed by atoms with van der Waals surface area (Å²) in [6.07, 6.45) is 2.90. The van der Waals surface area contributed by atoms with Gasteiger partial charge in [-0.1, -0.05) is 37.6 Å². The smallest absolute Gasteiger partial charge is 0.236 e. The number of carbonyl (C=O) groups is 1. The van der Waals surface area contributed by atoms with Crippen molar-refractivity contribution in [2.75, 3.05) is 39.0 Å². The SMILES string of the molecule is CCC(CC)(NCC(=O)N1CCN(S(C)(=O)=O)CC1)c1ccc(Cl)cc1. The van der Waals surface area contributed by atoms with Crippen LogP contribution in [-0.4, -0.2) is 62.5 Å². The predicted octanol–water partition coefficient (Wildman–Crippen LogP) is 2.05. The highest BCUT2D eigenvalue weighted by atomic mass is 35.5. The molecule has 1 aliphatic heterocycles. The Morgan fingerprint density at radius 3 is 2.12 bits per heavy atom. The quantitative estimate of drug-likeness (QED) is 0.759. The summed E-state index contributed by atoms with van der Waals surface area (Å²) in [6, 6.07) is 7.73. The van der Waals surface area contributed by atoms with E-state index in [-0.39, 0.29) is 18.0 Å². The van der Waals surface area contributed by atoms with E-state index in [4.69, 9.17) is 11.6 Å². The Kier molecular flexibility index (Phi) is 7.07. The fraction of sp³-hybridized carbons (Fsp3) is 0.611. The highest BCUT2D eigenvalue weighted by Gasteiger charge is 2.30. The zero-order valence-electron chi connectivity index (χ0n) is 15.7. The van der Waals surface area contributed by atoms with E-state index in [1.54, 1.807) is 4.90 Å². The largest absolute Gasteiger partial charge is 0.339 e. The second-order valence-corrected chi connectivity index (χ2v) is 9.11. The molecule has 2 rings (SSSR count). The minimum atomic E-state index is -3.19. The molecule has 1 N–H and O–H groups in total. The van der Waals surface area contributed by atoms with Gasteiger partial charge in [0.15, 0.2) is 0 Å². The highest BCUT2D eigenvalue weighted by molar-refractivity contribution is 7.88. The van der Waals surface area contributed by atoms with Crippen molar-refractivity contribution in [2.45, 2.75) is 32.2 Å². The number of carbonyl (C=O) groups excluding carboxylic acids is 1. The van der Waals surface area contributed by atoms with Crippen LogP contribution in [0.1, 0.15) is 32.3 Å². The Bertz CT molecular complexity index is 710. The molecule has 6 nitrogen and oxygen atoms in total. The van der Waals surface area contributed by atoms with Gasteiger partial charge in [-0.15, -0.1) is 0 Å². The molecule has 0 saturated carbocycles. The van der Waals surface area contributed by atoms with E-state index in [1.807, 2.05) is 24.3 Å². The molecule has 0 spiro atoms. The first-order valence-electron chi connectivity index (χ1n) is 8.96. The third-order valence-corrected chi connectivity index (χ3v) is 6.80. The Morgan fingerprint density at radius 2 is 1.65 bits per heavy atom. The first-order valence-corrected chi connectivity index (χ1v) is 11.2. The minimum Gasteiger partial charge on any atom is -0.339 e. The number of piperazine rings is 1. The Labute approximate surface area is 161 Å². The van der Waals surface area contributed by atoms with Crippen molar-refractivity contribution in [2.24, 2.45) is 0 Å². The number of benzene rings is 1. The van der Waals surface area contributed by atoms with Crippen LogP contribution in [0.5, 0.6) is 0 Å². The first-order chi connectivity index (χ1) is 12.2. The molecule has 0 aromatic heterocycles. The van der Waals surface area contributed by atoms with E-state index in [0.717, 1.165) is 18.4 Å². The average molecular weight is 402 g/mol. The van der Waals surface area contributed by atoms with Gasteiger partial charge in [0.1, 0.15) is 0 Å². The van der Waals surface area contributed by atoms with E-state index in [9.17, 15) is 13.2 Å². The standard InChI is InChI=1S/C18H28ClN3O3S/c1-4-18(5-2,15-6-8-16(19)9-7-15)20-14-17(23)21-10-12-22(13-11-21)26(3,24)25/h6-9,20H,4-5,10-14H2,1-3H3. The number of halogens is 1. The van der Waals surface area contributed by atoms with Gasteiger partial charge in [0.2, 0.25) is 15.9 Å². The third kappa shape index (κ3) is 4.97. The van der Waals surface area contributed by atoms with Crippen LogP contribution in [0.2, 0.25) is 5.02 Å². The molecule has 1 saturated heterocycles.